The number of benzene rings is 2. The molecule has 1 fully saturated rings. The van der Waals surface area contributed by atoms with Gasteiger partial charge in [0.15, 0.2) is 0 Å². The van der Waals surface area contributed by atoms with E-state index in [0.29, 0.717) is 0 Å². The molecule has 1 saturated heterocycles. The Hall–Kier alpha value is -2.78. The van der Waals surface area contributed by atoms with Crippen LogP contribution in [0.1, 0.15) is 20.7 Å². The van der Waals surface area contributed by atoms with Crippen LogP contribution in [0.4, 0.5) is 4.39 Å². The standard InChI is InChI=1S/C18H17FN2O5S/c19-15-5-2-6-16(12-15)27(25,26)21-9-7-20(8-10-21)17(22)13-3-1-4-14(11-13)18(23)24/h1-6,11-12H,7-10H2,(H,23,24). The lowest BCUT2D eigenvalue weighted by Gasteiger charge is -2.34. The summed E-state index contributed by atoms with van der Waals surface area (Å²) in [5.41, 5.74) is 0.240. The van der Waals surface area contributed by atoms with Gasteiger partial charge in [-0.3, -0.25) is 4.79 Å². The van der Waals surface area contributed by atoms with Crippen molar-refractivity contribution in [3.63, 3.8) is 0 Å². The van der Waals surface area contributed by atoms with Crippen molar-refractivity contribution in [2.45, 2.75) is 4.90 Å². The fourth-order valence-electron chi connectivity index (χ4n) is 2.88. The van der Waals surface area contributed by atoms with E-state index in [9.17, 15) is 22.4 Å². The zero-order valence-corrected chi connectivity index (χ0v) is 15.0. The van der Waals surface area contributed by atoms with Gasteiger partial charge in [0, 0.05) is 31.7 Å². The number of nitrogens with zero attached hydrogens (tertiary/aromatic N) is 2. The Morgan fingerprint density at radius 2 is 1.56 bits per heavy atom. The largest absolute Gasteiger partial charge is 0.478 e. The molecule has 1 heterocycles. The smallest absolute Gasteiger partial charge is 0.335 e. The summed E-state index contributed by atoms with van der Waals surface area (Å²) in [6, 6.07) is 10.5. The highest BCUT2D eigenvalue weighted by atomic mass is 32.2. The van der Waals surface area contributed by atoms with Crippen molar-refractivity contribution in [1.29, 1.82) is 0 Å². The molecule has 0 aliphatic carbocycles. The van der Waals surface area contributed by atoms with Crippen molar-refractivity contribution >= 4 is 21.9 Å². The first kappa shape index (κ1) is 19.0. The lowest BCUT2D eigenvalue weighted by molar-refractivity contribution is 0.0696. The van der Waals surface area contributed by atoms with Gasteiger partial charge in [-0.15, -0.1) is 0 Å². The number of hydrogen-bond donors (Lipinski definition) is 1. The fraction of sp³-hybridized carbons (Fsp3) is 0.222. The van der Waals surface area contributed by atoms with E-state index in [1.165, 1.54) is 51.7 Å². The Labute approximate surface area is 155 Å². The van der Waals surface area contributed by atoms with Crippen LogP contribution < -0.4 is 0 Å². The summed E-state index contributed by atoms with van der Waals surface area (Å²) in [4.78, 5) is 24.9. The number of piperazine rings is 1. The number of sulfonamides is 1. The minimum absolute atomic E-state index is 0.00756. The number of hydrogen-bond acceptors (Lipinski definition) is 4. The topological polar surface area (TPSA) is 95.0 Å². The molecule has 1 aliphatic rings. The highest BCUT2D eigenvalue weighted by Gasteiger charge is 2.30. The van der Waals surface area contributed by atoms with Gasteiger partial charge in [0.25, 0.3) is 5.91 Å². The molecule has 1 aliphatic heterocycles. The highest BCUT2D eigenvalue weighted by Crippen LogP contribution is 2.19. The molecule has 0 saturated carbocycles. The fourth-order valence-corrected chi connectivity index (χ4v) is 4.33. The number of halogens is 1. The van der Waals surface area contributed by atoms with Gasteiger partial charge in [-0.2, -0.15) is 4.31 Å². The van der Waals surface area contributed by atoms with Crippen LogP contribution in [0.3, 0.4) is 0 Å². The average molecular weight is 392 g/mol. The number of amides is 1. The second-order valence-electron chi connectivity index (χ2n) is 6.04. The van der Waals surface area contributed by atoms with Gasteiger partial charge in [0.05, 0.1) is 10.5 Å². The Kier molecular flexibility index (Phi) is 5.24. The molecule has 1 N–H and O–H groups in total. The average Bonchev–Trinajstić information content (AvgIpc) is 2.67. The molecular formula is C18H17FN2O5S. The van der Waals surface area contributed by atoms with Gasteiger partial charge < -0.3 is 10.0 Å². The normalized spacial score (nSPS) is 15.5. The van der Waals surface area contributed by atoms with E-state index in [2.05, 4.69) is 0 Å². The first-order valence-corrected chi connectivity index (χ1v) is 9.61. The third-order valence-electron chi connectivity index (χ3n) is 4.32. The van der Waals surface area contributed by atoms with Crippen LogP contribution in [-0.4, -0.2) is 60.8 Å². The van der Waals surface area contributed by atoms with Crippen LogP contribution in [0.5, 0.6) is 0 Å². The Bertz CT molecular complexity index is 985. The van der Waals surface area contributed by atoms with E-state index in [4.69, 9.17) is 5.11 Å². The van der Waals surface area contributed by atoms with Crippen LogP contribution >= 0.6 is 0 Å². The highest BCUT2D eigenvalue weighted by molar-refractivity contribution is 7.89. The van der Waals surface area contributed by atoms with Gasteiger partial charge in [-0.05, 0) is 36.4 Å². The summed E-state index contributed by atoms with van der Waals surface area (Å²) < 4.78 is 39.7. The minimum Gasteiger partial charge on any atom is -0.478 e. The Morgan fingerprint density at radius 3 is 2.19 bits per heavy atom. The molecule has 142 valence electrons. The Balaban J connectivity index is 1.71. The molecule has 2 aromatic rings. The van der Waals surface area contributed by atoms with Gasteiger partial charge in [-0.25, -0.2) is 17.6 Å². The van der Waals surface area contributed by atoms with Gasteiger partial charge in [0.1, 0.15) is 5.82 Å². The zero-order valence-electron chi connectivity index (χ0n) is 14.2. The van der Waals surface area contributed by atoms with Crippen molar-refractivity contribution < 1.29 is 27.5 Å². The molecule has 0 radical (unpaired) electrons. The SMILES string of the molecule is O=C(O)c1cccc(C(=O)N2CCN(S(=O)(=O)c3cccc(F)c3)CC2)c1. The molecule has 27 heavy (non-hydrogen) atoms. The van der Waals surface area contributed by atoms with Crippen LogP contribution in [0, 0.1) is 5.82 Å². The molecule has 1 amide bonds. The number of carbonyl (C=O) groups excluding carboxylic acids is 1. The van der Waals surface area contributed by atoms with Crippen molar-refractivity contribution in [2.24, 2.45) is 0 Å². The molecular weight excluding hydrogens is 375 g/mol. The number of carbonyl (C=O) groups is 2. The lowest BCUT2D eigenvalue weighted by Crippen LogP contribution is -2.50. The van der Waals surface area contributed by atoms with Crippen LogP contribution in [0.2, 0.25) is 0 Å². The van der Waals surface area contributed by atoms with Crippen LogP contribution in [0.15, 0.2) is 53.4 Å². The maximum atomic E-state index is 13.3. The molecule has 3 rings (SSSR count). The van der Waals surface area contributed by atoms with Gasteiger partial charge in [0.2, 0.25) is 10.0 Å². The molecule has 0 bridgehead atoms. The van der Waals surface area contributed by atoms with E-state index in [1.54, 1.807) is 0 Å². The van der Waals surface area contributed by atoms with Crippen molar-refractivity contribution in [1.82, 2.24) is 9.21 Å². The molecule has 2 aromatic carbocycles. The maximum Gasteiger partial charge on any atom is 0.335 e. The van der Waals surface area contributed by atoms with E-state index in [1.807, 2.05) is 0 Å². The molecule has 0 unspecified atom stereocenters. The van der Waals surface area contributed by atoms with Crippen LogP contribution in [0.25, 0.3) is 0 Å². The van der Waals surface area contributed by atoms with Crippen molar-refractivity contribution in [2.75, 3.05) is 26.2 Å². The van der Waals surface area contributed by atoms with E-state index >= 15 is 0 Å². The third-order valence-corrected chi connectivity index (χ3v) is 6.21. The number of carboxylic acid groups (broad SMARTS) is 1. The van der Waals surface area contributed by atoms with E-state index in [-0.39, 0.29) is 48.1 Å². The van der Waals surface area contributed by atoms with E-state index < -0.39 is 21.8 Å². The minimum atomic E-state index is -3.84. The zero-order chi connectivity index (χ0) is 19.6. The predicted octanol–water partition coefficient (Wildman–Crippen LogP) is 1.67. The summed E-state index contributed by atoms with van der Waals surface area (Å²) in [6.07, 6.45) is 0. The summed E-state index contributed by atoms with van der Waals surface area (Å²) in [5.74, 6) is -2.13. The van der Waals surface area contributed by atoms with Crippen molar-refractivity contribution in [3.8, 4) is 0 Å². The van der Waals surface area contributed by atoms with E-state index in [0.717, 1.165) is 6.07 Å². The summed E-state index contributed by atoms with van der Waals surface area (Å²) >= 11 is 0. The molecule has 9 heteroatoms. The number of carboxylic acids is 1. The molecule has 0 atom stereocenters. The quantitative estimate of drug-likeness (QED) is 0.854. The predicted molar refractivity (Wildman–Crippen MR) is 94.5 cm³/mol. The Morgan fingerprint density at radius 1 is 0.926 bits per heavy atom. The number of rotatable bonds is 4. The lowest BCUT2D eigenvalue weighted by atomic mass is 10.1. The summed E-state index contributed by atoms with van der Waals surface area (Å²) in [6.45, 7) is 0.460. The maximum absolute atomic E-state index is 13.3. The third kappa shape index (κ3) is 3.99. The second kappa shape index (κ2) is 7.45. The summed E-state index contributed by atoms with van der Waals surface area (Å²) in [5, 5.41) is 9.03. The van der Waals surface area contributed by atoms with Gasteiger partial charge in [-0.1, -0.05) is 12.1 Å². The number of aromatic carboxylic acids is 1. The molecule has 0 aromatic heterocycles. The summed E-state index contributed by atoms with van der Waals surface area (Å²) in [7, 11) is -3.84. The molecule has 0 spiro atoms. The first-order chi connectivity index (χ1) is 12.8. The molecule has 7 nitrogen and oxygen atoms in total. The first-order valence-electron chi connectivity index (χ1n) is 8.17. The van der Waals surface area contributed by atoms with Crippen LogP contribution in [-0.2, 0) is 10.0 Å². The second-order valence-corrected chi connectivity index (χ2v) is 7.98. The van der Waals surface area contributed by atoms with Gasteiger partial charge >= 0.3 is 5.97 Å². The monoisotopic (exact) mass is 392 g/mol. The van der Waals surface area contributed by atoms with Crippen molar-refractivity contribution in [3.05, 3.63) is 65.5 Å².